The molecule has 3 rings (SSSR count). The Morgan fingerprint density at radius 2 is 2.12 bits per heavy atom. The highest BCUT2D eigenvalue weighted by Crippen LogP contribution is 2.22. The molecular weight excluding hydrogens is 364 g/mol. The smallest absolute Gasteiger partial charge is 0.191 e. The van der Waals surface area contributed by atoms with Crippen LogP contribution in [0, 0.1) is 13.8 Å². The molecule has 26 heavy (non-hydrogen) atoms. The van der Waals surface area contributed by atoms with Crippen LogP contribution in [0.2, 0.25) is 0 Å². The minimum absolute atomic E-state index is 0.147. The van der Waals surface area contributed by atoms with Crippen molar-refractivity contribution in [3.8, 4) is 0 Å². The van der Waals surface area contributed by atoms with Crippen LogP contribution < -0.4 is 0 Å². The maximum Gasteiger partial charge on any atom is 0.191 e. The van der Waals surface area contributed by atoms with E-state index in [1.54, 1.807) is 11.3 Å². The first-order valence-corrected chi connectivity index (χ1v) is 10.6. The summed E-state index contributed by atoms with van der Waals surface area (Å²) in [6.45, 7) is 7.19. The Kier molecular flexibility index (Phi) is 5.98. The Bertz CT molecular complexity index is 893. The van der Waals surface area contributed by atoms with Gasteiger partial charge < -0.3 is 9.13 Å². The summed E-state index contributed by atoms with van der Waals surface area (Å²) in [5.74, 6) is 1.44. The molecule has 0 atom stereocenters. The topological polar surface area (TPSA) is 52.7 Å². The van der Waals surface area contributed by atoms with Crippen LogP contribution in [0.15, 0.2) is 28.7 Å². The summed E-state index contributed by atoms with van der Waals surface area (Å²) in [6.07, 6.45) is 1.83. The Morgan fingerprint density at radius 3 is 2.81 bits per heavy atom. The molecule has 0 aliphatic carbocycles. The predicted octanol–water partition coefficient (Wildman–Crippen LogP) is 4.27. The summed E-state index contributed by atoms with van der Waals surface area (Å²) in [5.41, 5.74) is 3.03. The molecule has 0 N–H and O–H groups in total. The maximum absolute atomic E-state index is 12.7. The second-order valence-corrected chi connectivity index (χ2v) is 8.34. The number of aryl methyl sites for hydroxylation is 1. The number of thioether (sulfide) groups is 1. The van der Waals surface area contributed by atoms with Crippen LogP contribution >= 0.6 is 23.1 Å². The number of thiophene rings is 1. The van der Waals surface area contributed by atoms with Gasteiger partial charge in [-0.05, 0) is 37.8 Å². The number of hydrogen-bond acceptors (Lipinski definition) is 5. The standard InChI is InChI=1S/C19H24N4OS2/c1-5-8-23-13(2)10-16(14(23)3)17(24)12-26-19-21-20-18(22(19)4)11-15-7-6-9-25-15/h6-7,9-10H,5,8,11-12H2,1-4H3. The first-order chi connectivity index (χ1) is 12.5. The SMILES string of the molecule is CCCn1c(C)cc(C(=O)CSc2nnc(Cc3cccs3)n2C)c1C. The molecule has 0 aliphatic heterocycles. The maximum atomic E-state index is 12.7. The third kappa shape index (κ3) is 3.94. The van der Waals surface area contributed by atoms with E-state index in [-0.39, 0.29) is 5.78 Å². The summed E-state index contributed by atoms with van der Waals surface area (Å²) in [4.78, 5) is 14.0. The molecule has 0 saturated carbocycles. The lowest BCUT2D eigenvalue weighted by Gasteiger charge is -2.07. The van der Waals surface area contributed by atoms with Crippen molar-refractivity contribution >= 4 is 28.9 Å². The van der Waals surface area contributed by atoms with Gasteiger partial charge >= 0.3 is 0 Å². The van der Waals surface area contributed by atoms with Gasteiger partial charge in [-0.2, -0.15) is 0 Å². The largest absolute Gasteiger partial charge is 0.348 e. The van der Waals surface area contributed by atoms with Gasteiger partial charge in [0.05, 0.1) is 5.75 Å². The molecule has 0 spiro atoms. The van der Waals surface area contributed by atoms with Gasteiger partial charge in [-0.1, -0.05) is 24.8 Å². The van der Waals surface area contributed by atoms with E-state index in [1.165, 1.54) is 16.6 Å². The number of hydrogen-bond donors (Lipinski definition) is 0. The monoisotopic (exact) mass is 388 g/mol. The number of rotatable bonds is 8. The quantitative estimate of drug-likeness (QED) is 0.427. The number of carbonyl (C=O) groups excluding carboxylic acids is 1. The number of aromatic nitrogens is 4. The summed E-state index contributed by atoms with van der Waals surface area (Å²) >= 11 is 3.17. The lowest BCUT2D eigenvalue weighted by molar-refractivity contribution is 0.102. The van der Waals surface area contributed by atoms with Crippen molar-refractivity contribution in [3.05, 3.63) is 51.2 Å². The molecule has 0 bridgehead atoms. The lowest BCUT2D eigenvalue weighted by atomic mass is 10.2. The number of ketones is 1. The minimum Gasteiger partial charge on any atom is -0.348 e. The summed E-state index contributed by atoms with van der Waals surface area (Å²) in [5, 5.41) is 11.4. The summed E-state index contributed by atoms with van der Waals surface area (Å²) in [6, 6.07) is 6.15. The third-order valence-corrected chi connectivity index (χ3v) is 6.39. The van der Waals surface area contributed by atoms with Crippen LogP contribution in [0.1, 0.15) is 45.8 Å². The van der Waals surface area contributed by atoms with Gasteiger partial charge in [-0.3, -0.25) is 4.79 Å². The molecule has 5 nitrogen and oxygen atoms in total. The zero-order valence-electron chi connectivity index (χ0n) is 15.7. The predicted molar refractivity (Wildman–Crippen MR) is 107 cm³/mol. The van der Waals surface area contributed by atoms with Crippen LogP contribution in [0.25, 0.3) is 0 Å². The van der Waals surface area contributed by atoms with E-state index >= 15 is 0 Å². The molecule has 0 fully saturated rings. The van der Waals surface area contributed by atoms with E-state index < -0.39 is 0 Å². The fourth-order valence-corrected chi connectivity index (χ4v) is 4.57. The first kappa shape index (κ1) is 18.9. The van der Waals surface area contributed by atoms with E-state index in [0.717, 1.165) is 47.3 Å². The first-order valence-electron chi connectivity index (χ1n) is 8.74. The van der Waals surface area contributed by atoms with Crippen LogP contribution in [0.3, 0.4) is 0 Å². The molecule has 0 unspecified atom stereocenters. The normalized spacial score (nSPS) is 11.2. The van der Waals surface area contributed by atoms with Gasteiger partial charge in [-0.15, -0.1) is 21.5 Å². The molecule has 3 aromatic rings. The van der Waals surface area contributed by atoms with Crippen molar-refractivity contribution in [2.75, 3.05) is 5.75 Å². The molecule has 0 saturated heterocycles. The molecule has 0 radical (unpaired) electrons. The van der Waals surface area contributed by atoms with Gasteiger partial charge in [0, 0.05) is 41.8 Å². The molecule has 138 valence electrons. The number of Topliss-reactive ketones (excluding diaryl/α,β-unsaturated/α-hetero) is 1. The highest BCUT2D eigenvalue weighted by molar-refractivity contribution is 7.99. The summed E-state index contributed by atoms with van der Waals surface area (Å²) in [7, 11) is 1.96. The average molecular weight is 389 g/mol. The third-order valence-electron chi connectivity index (χ3n) is 4.49. The zero-order chi connectivity index (χ0) is 18.7. The Balaban J connectivity index is 1.67. The van der Waals surface area contributed by atoms with Crippen LogP contribution in [0.5, 0.6) is 0 Å². The zero-order valence-corrected chi connectivity index (χ0v) is 17.3. The molecule has 3 aromatic heterocycles. The van der Waals surface area contributed by atoms with Crippen molar-refractivity contribution in [2.45, 2.75) is 45.3 Å². The lowest BCUT2D eigenvalue weighted by Crippen LogP contribution is -2.07. The second kappa shape index (κ2) is 8.22. The van der Waals surface area contributed by atoms with Gasteiger partial charge in [0.2, 0.25) is 0 Å². The summed E-state index contributed by atoms with van der Waals surface area (Å²) < 4.78 is 4.21. The van der Waals surface area contributed by atoms with Crippen molar-refractivity contribution in [3.63, 3.8) is 0 Å². The molecule has 0 aliphatic rings. The van der Waals surface area contributed by atoms with Crippen molar-refractivity contribution < 1.29 is 4.79 Å². The van der Waals surface area contributed by atoms with Gasteiger partial charge in [-0.25, -0.2) is 0 Å². The van der Waals surface area contributed by atoms with Gasteiger partial charge in [0.25, 0.3) is 0 Å². The van der Waals surface area contributed by atoms with Gasteiger partial charge in [0.1, 0.15) is 5.82 Å². The van der Waals surface area contributed by atoms with Crippen LogP contribution in [0.4, 0.5) is 0 Å². The van der Waals surface area contributed by atoms with Crippen molar-refractivity contribution in [2.24, 2.45) is 7.05 Å². The van der Waals surface area contributed by atoms with E-state index in [4.69, 9.17) is 0 Å². The van der Waals surface area contributed by atoms with E-state index in [2.05, 4.69) is 40.1 Å². The Morgan fingerprint density at radius 1 is 1.31 bits per heavy atom. The molecule has 7 heteroatoms. The van der Waals surface area contributed by atoms with Crippen LogP contribution in [-0.2, 0) is 20.0 Å². The second-order valence-electron chi connectivity index (χ2n) is 6.36. The van der Waals surface area contributed by atoms with E-state index in [1.807, 2.05) is 30.7 Å². The van der Waals surface area contributed by atoms with E-state index in [9.17, 15) is 4.79 Å². The molecule has 3 heterocycles. The van der Waals surface area contributed by atoms with Gasteiger partial charge in [0.15, 0.2) is 10.9 Å². The van der Waals surface area contributed by atoms with Crippen molar-refractivity contribution in [1.29, 1.82) is 0 Å². The molecule has 0 amide bonds. The molecule has 0 aromatic carbocycles. The van der Waals surface area contributed by atoms with Crippen molar-refractivity contribution in [1.82, 2.24) is 19.3 Å². The van der Waals surface area contributed by atoms with E-state index in [0.29, 0.717) is 5.75 Å². The Hall–Kier alpha value is -1.86. The minimum atomic E-state index is 0.147. The highest BCUT2D eigenvalue weighted by atomic mass is 32.2. The number of nitrogens with zero attached hydrogens (tertiary/aromatic N) is 4. The fraction of sp³-hybridized carbons (Fsp3) is 0.421. The molecular formula is C19H24N4OS2. The van der Waals surface area contributed by atoms with Crippen LogP contribution in [-0.4, -0.2) is 30.9 Å². The fourth-order valence-electron chi connectivity index (χ4n) is 3.05. The Labute approximate surface area is 162 Å². The average Bonchev–Trinajstić information content (AvgIpc) is 3.32. The number of carbonyl (C=O) groups is 1. The highest BCUT2D eigenvalue weighted by Gasteiger charge is 2.17.